The Morgan fingerprint density at radius 3 is 2.70 bits per heavy atom. The van der Waals surface area contributed by atoms with Gasteiger partial charge in [-0.25, -0.2) is 0 Å². The summed E-state index contributed by atoms with van der Waals surface area (Å²) in [7, 11) is 0. The van der Waals surface area contributed by atoms with Crippen molar-refractivity contribution in [1.82, 2.24) is 4.98 Å². The van der Waals surface area contributed by atoms with Crippen molar-refractivity contribution in [2.45, 2.75) is 19.3 Å². The van der Waals surface area contributed by atoms with Crippen molar-refractivity contribution in [3.05, 3.63) is 24.0 Å². The molecule has 52 valence electrons. The van der Waals surface area contributed by atoms with Crippen LogP contribution in [-0.4, -0.2) is 4.98 Å². The Bertz CT molecular complexity index is 236. The molecule has 0 fully saturated rings. The van der Waals surface area contributed by atoms with Crippen LogP contribution in [-0.2, 0) is 5.41 Å². The van der Waals surface area contributed by atoms with Gasteiger partial charge in [0.05, 0.1) is 5.41 Å². The van der Waals surface area contributed by atoms with E-state index in [1.54, 1.807) is 0 Å². The highest BCUT2D eigenvalue weighted by atomic mass is 14.6. The molecule has 0 aliphatic rings. The van der Waals surface area contributed by atoms with Gasteiger partial charge in [-0.05, 0) is 25.5 Å². The number of nitrogens with one attached hydrogen (secondary N) is 1. The first kappa shape index (κ1) is 6.95. The van der Waals surface area contributed by atoms with E-state index in [4.69, 9.17) is 6.42 Å². The molecule has 0 saturated heterocycles. The van der Waals surface area contributed by atoms with Crippen LogP contribution in [0.5, 0.6) is 0 Å². The van der Waals surface area contributed by atoms with Gasteiger partial charge in [-0.3, -0.25) is 0 Å². The molecule has 0 atom stereocenters. The molecule has 1 nitrogen and oxygen atoms in total. The second-order valence-electron chi connectivity index (χ2n) is 2.87. The Labute approximate surface area is 61.5 Å². The van der Waals surface area contributed by atoms with Gasteiger partial charge in [0, 0.05) is 12.4 Å². The zero-order valence-corrected chi connectivity index (χ0v) is 6.31. The van der Waals surface area contributed by atoms with Crippen LogP contribution in [0, 0.1) is 12.3 Å². The van der Waals surface area contributed by atoms with E-state index in [0.29, 0.717) is 0 Å². The highest BCUT2D eigenvalue weighted by Crippen LogP contribution is 2.20. The van der Waals surface area contributed by atoms with Crippen LogP contribution < -0.4 is 0 Å². The number of terminal acetylenes is 1. The molecule has 0 aliphatic heterocycles. The maximum Gasteiger partial charge on any atom is 0.0518 e. The summed E-state index contributed by atoms with van der Waals surface area (Å²) < 4.78 is 0. The van der Waals surface area contributed by atoms with Gasteiger partial charge < -0.3 is 4.98 Å². The molecule has 0 spiro atoms. The minimum absolute atomic E-state index is 0.139. The zero-order chi connectivity index (χ0) is 7.61. The lowest BCUT2D eigenvalue weighted by Crippen LogP contribution is -2.12. The Morgan fingerprint density at radius 1 is 1.60 bits per heavy atom. The van der Waals surface area contributed by atoms with Gasteiger partial charge in [0.25, 0.3) is 0 Å². The van der Waals surface area contributed by atoms with Crippen LogP contribution >= 0.6 is 0 Å². The first-order chi connectivity index (χ1) is 4.67. The van der Waals surface area contributed by atoms with Crippen LogP contribution in [0.25, 0.3) is 0 Å². The highest BCUT2D eigenvalue weighted by Gasteiger charge is 2.16. The third-order valence-corrected chi connectivity index (χ3v) is 1.68. The monoisotopic (exact) mass is 133 g/mol. The molecule has 1 N–H and O–H groups in total. The Kier molecular flexibility index (Phi) is 1.55. The van der Waals surface area contributed by atoms with Gasteiger partial charge in [0.2, 0.25) is 0 Å². The average Bonchev–Trinajstić information content (AvgIpc) is 2.38. The van der Waals surface area contributed by atoms with E-state index in [1.165, 1.54) is 0 Å². The van der Waals surface area contributed by atoms with E-state index in [1.807, 2.05) is 32.3 Å². The number of H-pyrrole nitrogens is 1. The van der Waals surface area contributed by atoms with E-state index in [-0.39, 0.29) is 5.41 Å². The topological polar surface area (TPSA) is 15.8 Å². The molecule has 0 bridgehead atoms. The van der Waals surface area contributed by atoms with Crippen molar-refractivity contribution in [3.8, 4) is 12.3 Å². The van der Waals surface area contributed by atoms with Crippen LogP contribution in [0.3, 0.4) is 0 Å². The van der Waals surface area contributed by atoms with Crippen molar-refractivity contribution in [1.29, 1.82) is 0 Å². The van der Waals surface area contributed by atoms with Gasteiger partial charge >= 0.3 is 0 Å². The second kappa shape index (κ2) is 2.22. The van der Waals surface area contributed by atoms with Crippen LogP contribution in [0.4, 0.5) is 0 Å². The molecular weight excluding hydrogens is 122 g/mol. The summed E-state index contributed by atoms with van der Waals surface area (Å²) in [5.41, 5.74) is 1.02. The number of hydrogen-bond donors (Lipinski definition) is 1. The van der Waals surface area contributed by atoms with E-state index < -0.39 is 0 Å². The molecule has 1 aromatic rings. The Morgan fingerprint density at radius 2 is 2.30 bits per heavy atom. The second-order valence-corrected chi connectivity index (χ2v) is 2.87. The summed E-state index contributed by atoms with van der Waals surface area (Å²) in [6.07, 6.45) is 9.15. The van der Waals surface area contributed by atoms with Crippen molar-refractivity contribution in [2.75, 3.05) is 0 Å². The van der Waals surface area contributed by atoms with Crippen molar-refractivity contribution < 1.29 is 0 Å². The molecule has 0 amide bonds. The minimum atomic E-state index is -0.139. The lowest BCUT2D eigenvalue weighted by Gasteiger charge is -2.14. The molecule has 10 heavy (non-hydrogen) atoms. The van der Waals surface area contributed by atoms with E-state index in [0.717, 1.165) is 5.56 Å². The van der Waals surface area contributed by atoms with Crippen LogP contribution in [0.2, 0.25) is 0 Å². The first-order valence-corrected chi connectivity index (χ1v) is 3.28. The van der Waals surface area contributed by atoms with Gasteiger partial charge in [0.15, 0.2) is 0 Å². The first-order valence-electron chi connectivity index (χ1n) is 3.28. The molecule has 0 aromatic carbocycles. The smallest absolute Gasteiger partial charge is 0.0518 e. The highest BCUT2D eigenvalue weighted by molar-refractivity contribution is 5.29. The third kappa shape index (κ3) is 1.06. The summed E-state index contributed by atoms with van der Waals surface area (Å²) in [6, 6.07) is 2.00. The molecule has 0 saturated carbocycles. The lowest BCUT2D eigenvalue weighted by atomic mass is 9.88. The zero-order valence-electron chi connectivity index (χ0n) is 6.31. The van der Waals surface area contributed by atoms with Gasteiger partial charge in [-0.15, -0.1) is 6.42 Å². The summed E-state index contributed by atoms with van der Waals surface area (Å²) in [5, 5.41) is 0. The fraction of sp³-hybridized carbons (Fsp3) is 0.333. The number of aromatic nitrogens is 1. The van der Waals surface area contributed by atoms with E-state index in [2.05, 4.69) is 10.9 Å². The quantitative estimate of drug-likeness (QED) is 0.563. The molecule has 1 aromatic heterocycles. The molecule has 1 heteroatoms. The maximum absolute atomic E-state index is 5.33. The summed E-state index contributed by atoms with van der Waals surface area (Å²) in [6.45, 7) is 4.05. The summed E-state index contributed by atoms with van der Waals surface area (Å²) in [5.74, 6) is 2.72. The number of hydrogen-bond acceptors (Lipinski definition) is 0. The molecule has 1 heterocycles. The average molecular weight is 133 g/mol. The maximum atomic E-state index is 5.33. The van der Waals surface area contributed by atoms with Crippen molar-refractivity contribution in [3.63, 3.8) is 0 Å². The molecule has 1 rings (SSSR count). The number of rotatable bonds is 1. The van der Waals surface area contributed by atoms with E-state index in [9.17, 15) is 0 Å². The standard InChI is InChI=1S/C9H11N/c1-4-9(2,3)8-5-6-10-7-8/h1,5-7,10H,2-3H3. The molecule has 0 unspecified atom stereocenters. The SMILES string of the molecule is C#CC(C)(C)c1cc[nH]c1. The Balaban J connectivity index is 2.99. The lowest BCUT2D eigenvalue weighted by molar-refractivity contribution is 0.700. The van der Waals surface area contributed by atoms with Crippen molar-refractivity contribution >= 4 is 0 Å². The minimum Gasteiger partial charge on any atom is -0.367 e. The Hall–Kier alpha value is -1.16. The molecular formula is C9H11N. The molecule has 0 aliphatic carbocycles. The molecule has 0 radical (unpaired) electrons. The van der Waals surface area contributed by atoms with Gasteiger partial charge in [-0.2, -0.15) is 0 Å². The van der Waals surface area contributed by atoms with E-state index >= 15 is 0 Å². The van der Waals surface area contributed by atoms with Crippen molar-refractivity contribution in [2.24, 2.45) is 0 Å². The summed E-state index contributed by atoms with van der Waals surface area (Å²) >= 11 is 0. The van der Waals surface area contributed by atoms with Gasteiger partial charge in [-0.1, -0.05) is 5.92 Å². The number of aromatic amines is 1. The largest absolute Gasteiger partial charge is 0.367 e. The fourth-order valence-corrected chi connectivity index (χ4v) is 0.796. The predicted molar refractivity (Wildman–Crippen MR) is 42.7 cm³/mol. The van der Waals surface area contributed by atoms with Crippen LogP contribution in [0.15, 0.2) is 18.5 Å². The van der Waals surface area contributed by atoms with Crippen LogP contribution in [0.1, 0.15) is 19.4 Å². The normalized spacial score (nSPS) is 10.9. The van der Waals surface area contributed by atoms with Gasteiger partial charge in [0.1, 0.15) is 0 Å². The summed E-state index contributed by atoms with van der Waals surface area (Å²) in [4.78, 5) is 2.97. The predicted octanol–water partition coefficient (Wildman–Crippen LogP) is 1.93. The fourth-order valence-electron chi connectivity index (χ4n) is 0.796. The third-order valence-electron chi connectivity index (χ3n) is 1.68.